The maximum Gasteiger partial charge on any atom is 0.270 e. The van der Waals surface area contributed by atoms with Crippen molar-refractivity contribution < 1.29 is 14.7 Å². The molecule has 188 valence electrons. The summed E-state index contributed by atoms with van der Waals surface area (Å²) in [6.07, 6.45) is 6.81. The first-order valence-corrected chi connectivity index (χ1v) is 13.1. The van der Waals surface area contributed by atoms with Crippen molar-refractivity contribution in [2.45, 2.75) is 38.1 Å². The Kier molecular flexibility index (Phi) is 6.07. The first-order valence-electron chi connectivity index (χ1n) is 12.3. The van der Waals surface area contributed by atoms with Gasteiger partial charge in [-0.25, -0.2) is 4.98 Å². The summed E-state index contributed by atoms with van der Waals surface area (Å²) in [4.78, 5) is 32.6. The normalized spacial score (nSPS) is 21.2. The number of carbonyl (C=O) groups excluding carboxylic acids is 2. The predicted octanol–water partition coefficient (Wildman–Crippen LogP) is 1.19. The standard InChI is InChI=1S/C24H28N8O3S/c33-22-18(29-24(35)30-22)9-14-12-26-32-20(27-16-3-4-16)11-17(28-21(14)32)15-10-19(36-13-15)23(34)25-5-8-31-6-1-2-7-31/h9-13,16,24,27,29,35H,1-8H2,(H,25,34)(H,30,33)/b18-9-. The van der Waals surface area contributed by atoms with Gasteiger partial charge >= 0.3 is 0 Å². The zero-order valence-electron chi connectivity index (χ0n) is 19.7. The minimum atomic E-state index is -1.12. The van der Waals surface area contributed by atoms with Crippen molar-refractivity contribution in [1.29, 1.82) is 0 Å². The minimum absolute atomic E-state index is 0.0745. The molecule has 1 unspecified atom stereocenters. The molecule has 2 aliphatic heterocycles. The van der Waals surface area contributed by atoms with E-state index in [2.05, 4.69) is 31.3 Å². The molecular formula is C24H28N8O3S. The fourth-order valence-corrected chi connectivity index (χ4v) is 5.31. The number of aromatic nitrogens is 3. The summed E-state index contributed by atoms with van der Waals surface area (Å²) < 4.78 is 1.72. The van der Waals surface area contributed by atoms with Gasteiger partial charge in [0.05, 0.1) is 16.8 Å². The van der Waals surface area contributed by atoms with E-state index < -0.39 is 12.3 Å². The number of nitrogens with one attached hydrogen (secondary N) is 4. The molecule has 0 spiro atoms. The summed E-state index contributed by atoms with van der Waals surface area (Å²) in [6.45, 7) is 3.73. The van der Waals surface area contributed by atoms with Gasteiger partial charge in [-0.3, -0.25) is 9.59 Å². The number of amides is 2. The van der Waals surface area contributed by atoms with E-state index >= 15 is 0 Å². The molecule has 2 amide bonds. The largest absolute Gasteiger partial charge is 0.367 e. The van der Waals surface area contributed by atoms with E-state index in [9.17, 15) is 14.7 Å². The van der Waals surface area contributed by atoms with Crippen LogP contribution in [0.15, 0.2) is 29.4 Å². The summed E-state index contributed by atoms with van der Waals surface area (Å²) >= 11 is 1.39. The van der Waals surface area contributed by atoms with Crippen LogP contribution in [0.25, 0.3) is 23.0 Å². The Bertz CT molecular complexity index is 1340. The van der Waals surface area contributed by atoms with Crippen LogP contribution in [0.3, 0.4) is 0 Å². The Balaban J connectivity index is 1.27. The minimum Gasteiger partial charge on any atom is -0.367 e. The third-order valence-electron chi connectivity index (χ3n) is 6.56. The Morgan fingerprint density at radius 1 is 1.25 bits per heavy atom. The summed E-state index contributed by atoms with van der Waals surface area (Å²) in [5.74, 6) is 0.330. The third-order valence-corrected chi connectivity index (χ3v) is 7.49. The zero-order chi connectivity index (χ0) is 24.6. The average molecular weight is 509 g/mol. The van der Waals surface area contributed by atoms with Gasteiger partial charge in [-0.05, 0) is 50.9 Å². The van der Waals surface area contributed by atoms with Gasteiger partial charge in [0.15, 0.2) is 5.65 Å². The smallest absolute Gasteiger partial charge is 0.270 e. The van der Waals surface area contributed by atoms with Crippen LogP contribution in [0.1, 0.15) is 40.9 Å². The van der Waals surface area contributed by atoms with Gasteiger partial charge in [0.2, 0.25) is 6.35 Å². The first kappa shape index (κ1) is 23.0. The highest BCUT2D eigenvalue weighted by Gasteiger charge is 2.26. The van der Waals surface area contributed by atoms with Crippen LogP contribution in [-0.2, 0) is 4.79 Å². The number of hydrogen-bond donors (Lipinski definition) is 5. The van der Waals surface area contributed by atoms with Crippen molar-refractivity contribution in [1.82, 2.24) is 35.4 Å². The van der Waals surface area contributed by atoms with Crippen molar-refractivity contribution >= 4 is 40.7 Å². The van der Waals surface area contributed by atoms with E-state index in [-0.39, 0.29) is 11.6 Å². The number of aliphatic hydroxyl groups is 1. The molecule has 0 bridgehead atoms. The highest BCUT2D eigenvalue weighted by Crippen LogP contribution is 2.31. The van der Waals surface area contributed by atoms with Gasteiger partial charge in [0.1, 0.15) is 11.5 Å². The Morgan fingerprint density at radius 2 is 2.08 bits per heavy atom. The second-order valence-corrected chi connectivity index (χ2v) is 10.3. The summed E-state index contributed by atoms with van der Waals surface area (Å²) in [6, 6.07) is 4.20. The highest BCUT2D eigenvalue weighted by molar-refractivity contribution is 7.12. The summed E-state index contributed by atoms with van der Waals surface area (Å²) in [5.41, 5.74) is 3.00. The van der Waals surface area contributed by atoms with Crippen molar-refractivity contribution in [3.63, 3.8) is 0 Å². The van der Waals surface area contributed by atoms with Crippen LogP contribution in [0, 0.1) is 0 Å². The lowest BCUT2D eigenvalue weighted by atomic mass is 10.2. The van der Waals surface area contributed by atoms with Gasteiger partial charge < -0.3 is 31.3 Å². The number of nitrogens with zero attached hydrogens (tertiary/aromatic N) is 4. The average Bonchev–Trinajstić information content (AvgIpc) is 3.27. The lowest BCUT2D eigenvalue weighted by molar-refractivity contribution is -0.117. The number of rotatable bonds is 8. The van der Waals surface area contributed by atoms with Crippen molar-refractivity contribution in [2.75, 3.05) is 31.5 Å². The molecule has 0 aromatic carbocycles. The molecule has 5 heterocycles. The molecule has 1 atom stereocenters. The number of fused-ring (bicyclic) bond motifs is 1. The highest BCUT2D eigenvalue weighted by atomic mass is 32.1. The fourth-order valence-electron chi connectivity index (χ4n) is 4.49. The molecule has 3 fully saturated rings. The molecule has 3 aliphatic rings. The van der Waals surface area contributed by atoms with E-state index in [4.69, 9.17) is 4.98 Å². The van der Waals surface area contributed by atoms with Gasteiger partial charge in [-0.2, -0.15) is 9.61 Å². The molecule has 3 aromatic heterocycles. The molecular weight excluding hydrogens is 480 g/mol. The Hall–Kier alpha value is -3.48. The second-order valence-electron chi connectivity index (χ2n) is 9.36. The van der Waals surface area contributed by atoms with Gasteiger partial charge in [0.25, 0.3) is 11.8 Å². The van der Waals surface area contributed by atoms with Crippen LogP contribution in [0.4, 0.5) is 5.82 Å². The lowest BCUT2D eigenvalue weighted by Gasteiger charge is -2.14. The van der Waals surface area contributed by atoms with E-state index in [0.29, 0.717) is 34.4 Å². The molecule has 2 saturated heterocycles. The number of aliphatic hydroxyl groups excluding tert-OH is 1. The molecule has 0 radical (unpaired) electrons. The van der Waals surface area contributed by atoms with E-state index in [1.807, 2.05) is 17.5 Å². The molecule has 1 saturated carbocycles. The van der Waals surface area contributed by atoms with Crippen LogP contribution in [0.5, 0.6) is 0 Å². The predicted molar refractivity (Wildman–Crippen MR) is 136 cm³/mol. The van der Waals surface area contributed by atoms with Gasteiger partial charge in [0, 0.05) is 41.7 Å². The lowest BCUT2D eigenvalue weighted by Crippen LogP contribution is -2.33. The molecule has 1 aliphatic carbocycles. The topological polar surface area (TPSA) is 136 Å². The zero-order valence-corrected chi connectivity index (χ0v) is 20.5. The van der Waals surface area contributed by atoms with Crippen molar-refractivity contribution in [3.05, 3.63) is 39.8 Å². The number of likely N-dealkylation sites (tertiary alicyclic amines) is 1. The Labute approximate surface area is 211 Å². The van der Waals surface area contributed by atoms with E-state index in [0.717, 1.165) is 43.9 Å². The number of carbonyl (C=O) groups is 2. The molecule has 5 N–H and O–H groups in total. The second kappa shape index (κ2) is 9.52. The van der Waals surface area contributed by atoms with Crippen LogP contribution in [0.2, 0.25) is 0 Å². The maximum atomic E-state index is 12.7. The monoisotopic (exact) mass is 508 g/mol. The molecule has 12 heteroatoms. The fraction of sp³-hybridized carbons (Fsp3) is 0.417. The van der Waals surface area contributed by atoms with Crippen LogP contribution < -0.4 is 21.3 Å². The van der Waals surface area contributed by atoms with Crippen LogP contribution in [-0.4, -0.2) is 75.0 Å². The molecule has 6 rings (SSSR count). The molecule has 36 heavy (non-hydrogen) atoms. The van der Waals surface area contributed by atoms with Crippen molar-refractivity contribution in [3.8, 4) is 11.3 Å². The van der Waals surface area contributed by atoms with E-state index in [1.54, 1.807) is 16.8 Å². The van der Waals surface area contributed by atoms with E-state index in [1.165, 1.54) is 24.2 Å². The molecule has 3 aromatic rings. The Morgan fingerprint density at radius 3 is 2.83 bits per heavy atom. The number of hydrogen-bond acceptors (Lipinski definition) is 9. The SMILES string of the molecule is O=C1NC(O)N/C1=C\c1cnn2c(NC3CC3)cc(-c3csc(C(=O)NCCN4CCCC4)c3)nc12. The van der Waals surface area contributed by atoms with Crippen molar-refractivity contribution in [2.24, 2.45) is 0 Å². The van der Waals surface area contributed by atoms with Gasteiger partial charge in [-0.15, -0.1) is 11.3 Å². The number of thiophene rings is 1. The molecule has 11 nitrogen and oxygen atoms in total. The van der Waals surface area contributed by atoms with Gasteiger partial charge in [-0.1, -0.05) is 0 Å². The quantitative estimate of drug-likeness (QED) is 0.287. The first-order chi connectivity index (χ1) is 17.5. The third kappa shape index (κ3) is 4.79. The summed E-state index contributed by atoms with van der Waals surface area (Å²) in [7, 11) is 0. The van der Waals surface area contributed by atoms with Crippen LogP contribution >= 0.6 is 11.3 Å². The maximum absolute atomic E-state index is 12.7. The summed E-state index contributed by atoms with van der Waals surface area (Å²) in [5, 5.41) is 27.7. The number of anilines is 1.